The number of esters is 1. The Labute approximate surface area is 153 Å². The van der Waals surface area contributed by atoms with E-state index < -0.39 is 17.6 Å². The first-order chi connectivity index (χ1) is 12.4. The maximum absolute atomic E-state index is 13.0. The molecule has 2 fully saturated rings. The molecule has 2 aliphatic rings. The van der Waals surface area contributed by atoms with Crippen molar-refractivity contribution in [3.05, 3.63) is 47.7 Å². The molecule has 1 spiro atoms. The van der Waals surface area contributed by atoms with Gasteiger partial charge in [-0.2, -0.15) is 0 Å². The number of likely N-dealkylation sites (tertiary alicyclic amines) is 1. The van der Waals surface area contributed by atoms with Crippen molar-refractivity contribution in [2.75, 3.05) is 27.7 Å². The van der Waals surface area contributed by atoms with Crippen molar-refractivity contribution >= 4 is 17.5 Å². The zero-order chi connectivity index (χ0) is 18.9. The summed E-state index contributed by atoms with van der Waals surface area (Å²) in [5, 5.41) is 0. The van der Waals surface area contributed by atoms with E-state index in [2.05, 4.69) is 0 Å². The molecule has 1 heterocycles. The van der Waals surface area contributed by atoms with Gasteiger partial charge in [-0.25, -0.2) is 4.79 Å². The van der Waals surface area contributed by atoms with Crippen LogP contribution in [-0.4, -0.2) is 66.7 Å². The molecule has 0 aromatic heterocycles. The largest absolute Gasteiger partial charge is 0.467 e. The van der Waals surface area contributed by atoms with Gasteiger partial charge in [0.2, 0.25) is 0 Å². The third-order valence-corrected chi connectivity index (χ3v) is 5.28. The number of ether oxygens (including phenoxy) is 1. The lowest BCUT2D eigenvalue weighted by atomic mass is 9.71. The second-order valence-electron chi connectivity index (χ2n) is 7.10. The van der Waals surface area contributed by atoms with Crippen LogP contribution in [0.2, 0.25) is 0 Å². The molecule has 1 saturated carbocycles. The summed E-state index contributed by atoms with van der Waals surface area (Å²) in [6.07, 6.45) is 4.26. The highest BCUT2D eigenvalue weighted by atomic mass is 16.5. The van der Waals surface area contributed by atoms with Crippen molar-refractivity contribution in [1.82, 2.24) is 9.80 Å². The molecular weight excluding hydrogens is 332 g/mol. The molecule has 1 aliphatic heterocycles. The second-order valence-corrected chi connectivity index (χ2v) is 7.10. The van der Waals surface area contributed by atoms with Crippen LogP contribution in [0.1, 0.15) is 29.6 Å². The van der Waals surface area contributed by atoms with Crippen LogP contribution in [-0.2, 0) is 14.3 Å². The van der Waals surface area contributed by atoms with E-state index in [9.17, 15) is 14.4 Å². The average Bonchev–Trinajstić information content (AvgIpc) is 2.83. The van der Waals surface area contributed by atoms with E-state index in [-0.39, 0.29) is 18.1 Å². The van der Waals surface area contributed by atoms with Gasteiger partial charge in [0.1, 0.15) is 0 Å². The van der Waals surface area contributed by atoms with E-state index in [0.717, 1.165) is 19.3 Å². The Hall–Kier alpha value is -2.47. The molecule has 1 aromatic carbocycles. The van der Waals surface area contributed by atoms with Gasteiger partial charge in [-0.05, 0) is 19.3 Å². The molecule has 1 aromatic rings. The van der Waals surface area contributed by atoms with E-state index in [4.69, 9.17) is 4.74 Å². The summed E-state index contributed by atoms with van der Waals surface area (Å²) in [5.74, 6) is -0.972. The molecule has 6 nitrogen and oxygen atoms in total. The lowest BCUT2D eigenvalue weighted by molar-refractivity contribution is -0.150. The molecule has 1 atom stereocenters. The normalized spacial score (nSPS) is 23.1. The van der Waals surface area contributed by atoms with Crippen LogP contribution in [0.25, 0.3) is 0 Å². The standard InChI is InChI=1S/C20H24N2O4/c1-21(2)12-15-18(24)17(19(25)26-3)22(20(15)10-7-11-20)13-16(23)14-8-5-4-6-9-14/h4-6,8-9,12,17H,7,10-11,13H2,1-3H3/b15-12+. The van der Waals surface area contributed by atoms with Gasteiger partial charge in [0.15, 0.2) is 17.6 Å². The number of carbonyl (C=O) groups is 3. The molecule has 0 amide bonds. The van der Waals surface area contributed by atoms with Gasteiger partial charge >= 0.3 is 5.97 Å². The van der Waals surface area contributed by atoms with Crippen molar-refractivity contribution in [2.24, 2.45) is 0 Å². The Morgan fingerprint density at radius 2 is 1.92 bits per heavy atom. The number of carbonyl (C=O) groups excluding carboxylic acids is 3. The predicted octanol–water partition coefficient (Wildman–Crippen LogP) is 1.66. The molecule has 138 valence electrons. The zero-order valence-electron chi connectivity index (χ0n) is 15.4. The van der Waals surface area contributed by atoms with E-state index in [1.165, 1.54) is 7.11 Å². The van der Waals surface area contributed by atoms with E-state index >= 15 is 0 Å². The summed E-state index contributed by atoms with van der Waals surface area (Å²) in [7, 11) is 4.96. The Morgan fingerprint density at radius 1 is 1.27 bits per heavy atom. The van der Waals surface area contributed by atoms with Crippen LogP contribution in [0.4, 0.5) is 0 Å². The van der Waals surface area contributed by atoms with Crippen molar-refractivity contribution < 1.29 is 19.1 Å². The number of nitrogens with zero attached hydrogens (tertiary/aromatic N) is 2. The summed E-state index contributed by atoms with van der Waals surface area (Å²) in [4.78, 5) is 41.8. The SMILES string of the molecule is COC(=O)C1C(=O)/C(=C\N(C)C)C2(CCC2)N1CC(=O)c1ccccc1. The van der Waals surface area contributed by atoms with E-state index in [1.807, 2.05) is 25.1 Å². The molecule has 1 aliphatic carbocycles. The fraction of sp³-hybridized carbons (Fsp3) is 0.450. The molecule has 3 rings (SSSR count). The molecule has 1 unspecified atom stereocenters. The number of rotatable bonds is 5. The topological polar surface area (TPSA) is 66.9 Å². The number of benzene rings is 1. The summed E-state index contributed by atoms with van der Waals surface area (Å²) in [6, 6.07) is 7.89. The smallest absolute Gasteiger partial charge is 0.331 e. The first-order valence-corrected chi connectivity index (χ1v) is 8.76. The van der Waals surface area contributed by atoms with Crippen molar-refractivity contribution in [1.29, 1.82) is 0 Å². The summed E-state index contributed by atoms with van der Waals surface area (Å²) in [5.41, 5.74) is 0.623. The van der Waals surface area contributed by atoms with Crippen LogP contribution in [0.3, 0.4) is 0 Å². The molecular formula is C20H24N2O4. The highest BCUT2D eigenvalue weighted by Crippen LogP contribution is 2.50. The Morgan fingerprint density at radius 3 is 2.42 bits per heavy atom. The highest BCUT2D eigenvalue weighted by molar-refractivity contribution is 6.16. The first-order valence-electron chi connectivity index (χ1n) is 8.76. The Balaban J connectivity index is 2.00. The third kappa shape index (κ3) is 2.94. The van der Waals surface area contributed by atoms with Gasteiger partial charge in [0.05, 0.1) is 19.2 Å². The van der Waals surface area contributed by atoms with Gasteiger partial charge in [0.25, 0.3) is 0 Å². The maximum atomic E-state index is 13.0. The van der Waals surface area contributed by atoms with Crippen LogP contribution in [0.15, 0.2) is 42.1 Å². The average molecular weight is 356 g/mol. The molecule has 6 heteroatoms. The number of hydrogen-bond acceptors (Lipinski definition) is 6. The van der Waals surface area contributed by atoms with Crippen LogP contribution in [0, 0.1) is 0 Å². The van der Waals surface area contributed by atoms with E-state index in [0.29, 0.717) is 11.1 Å². The number of ketones is 2. The minimum atomic E-state index is -1.06. The number of methoxy groups -OCH3 is 1. The molecule has 0 bridgehead atoms. The van der Waals surface area contributed by atoms with Crippen LogP contribution >= 0.6 is 0 Å². The van der Waals surface area contributed by atoms with Gasteiger partial charge in [0, 0.05) is 31.4 Å². The fourth-order valence-corrected chi connectivity index (χ4v) is 3.89. The van der Waals surface area contributed by atoms with Gasteiger partial charge in [-0.15, -0.1) is 0 Å². The predicted molar refractivity (Wildman–Crippen MR) is 96.6 cm³/mol. The lowest BCUT2D eigenvalue weighted by Crippen LogP contribution is -2.56. The first kappa shape index (κ1) is 18.3. The Bertz CT molecular complexity index is 750. The molecule has 0 radical (unpaired) electrons. The fourth-order valence-electron chi connectivity index (χ4n) is 3.89. The van der Waals surface area contributed by atoms with Crippen LogP contribution in [0.5, 0.6) is 0 Å². The minimum Gasteiger partial charge on any atom is -0.467 e. The third-order valence-electron chi connectivity index (χ3n) is 5.28. The van der Waals surface area contributed by atoms with Crippen molar-refractivity contribution in [2.45, 2.75) is 30.8 Å². The van der Waals surface area contributed by atoms with Gasteiger partial charge in [-0.3, -0.25) is 14.5 Å². The van der Waals surface area contributed by atoms with Gasteiger partial charge < -0.3 is 9.64 Å². The zero-order valence-corrected chi connectivity index (χ0v) is 15.4. The van der Waals surface area contributed by atoms with Crippen molar-refractivity contribution in [3.63, 3.8) is 0 Å². The minimum absolute atomic E-state index is 0.0142. The highest BCUT2D eigenvalue weighted by Gasteiger charge is 2.60. The molecule has 1 saturated heterocycles. The number of hydrogen-bond donors (Lipinski definition) is 0. The van der Waals surface area contributed by atoms with Gasteiger partial charge in [-0.1, -0.05) is 30.3 Å². The summed E-state index contributed by atoms with van der Waals surface area (Å²) < 4.78 is 4.88. The Kier molecular flexibility index (Phi) is 4.96. The quantitative estimate of drug-likeness (QED) is 0.346. The van der Waals surface area contributed by atoms with Crippen LogP contribution < -0.4 is 0 Å². The van der Waals surface area contributed by atoms with Crippen molar-refractivity contribution in [3.8, 4) is 0 Å². The van der Waals surface area contributed by atoms with E-state index in [1.54, 1.807) is 35.4 Å². The number of Topliss-reactive ketones (excluding diaryl/α,β-unsaturated/α-hetero) is 2. The second kappa shape index (κ2) is 7.03. The monoisotopic (exact) mass is 356 g/mol. The summed E-state index contributed by atoms with van der Waals surface area (Å²) in [6.45, 7) is 0.0142. The summed E-state index contributed by atoms with van der Waals surface area (Å²) >= 11 is 0. The maximum Gasteiger partial charge on any atom is 0.331 e. The molecule has 0 N–H and O–H groups in total. The lowest BCUT2D eigenvalue weighted by Gasteiger charge is -2.46. The molecule has 26 heavy (non-hydrogen) atoms.